The van der Waals surface area contributed by atoms with Crippen molar-refractivity contribution >= 4 is 11.9 Å². The molecule has 5 nitrogen and oxygen atoms in total. The summed E-state index contributed by atoms with van der Waals surface area (Å²) >= 11 is 0. The Hall–Kier alpha value is -1.39. The predicted octanol–water partition coefficient (Wildman–Crippen LogP) is 2.17. The zero-order valence-electron chi connectivity index (χ0n) is 10.4. The van der Waals surface area contributed by atoms with Crippen LogP contribution in [0.1, 0.15) is 39.4 Å². The summed E-state index contributed by atoms with van der Waals surface area (Å²) in [5.74, 6) is 0.509. The minimum Gasteiger partial charge on any atom is -0.315 e. The molecule has 90 valence electrons. The summed E-state index contributed by atoms with van der Waals surface area (Å²) in [5.41, 5.74) is 0. The van der Waals surface area contributed by atoms with E-state index >= 15 is 0 Å². The van der Waals surface area contributed by atoms with Crippen molar-refractivity contribution in [2.24, 2.45) is 5.92 Å². The Morgan fingerprint density at radius 2 is 2.19 bits per heavy atom. The molecule has 0 bridgehead atoms. The molecular weight excluding hydrogens is 206 g/mol. The van der Waals surface area contributed by atoms with E-state index in [1.54, 1.807) is 11.8 Å². The van der Waals surface area contributed by atoms with Crippen LogP contribution in [0.4, 0.5) is 6.01 Å². The first kappa shape index (κ1) is 12.7. The maximum Gasteiger partial charge on any atom is 0.330 e. The number of nitrogens with zero attached hydrogens (tertiary/aromatic N) is 3. The van der Waals surface area contributed by atoms with E-state index in [0.29, 0.717) is 18.4 Å². The molecule has 0 atom stereocenters. The Labute approximate surface area is 95.8 Å². The van der Waals surface area contributed by atoms with Gasteiger partial charge in [-0.3, -0.25) is 9.69 Å². The van der Waals surface area contributed by atoms with Crippen LogP contribution < -0.4 is 4.90 Å². The van der Waals surface area contributed by atoms with E-state index in [2.05, 4.69) is 17.1 Å². The van der Waals surface area contributed by atoms with Gasteiger partial charge >= 0.3 is 6.01 Å². The second-order valence-corrected chi connectivity index (χ2v) is 4.12. The molecule has 0 aliphatic carbocycles. The average molecular weight is 225 g/mol. The fourth-order valence-corrected chi connectivity index (χ4v) is 1.32. The maximum absolute atomic E-state index is 12.0. The topological polar surface area (TPSA) is 59.2 Å². The van der Waals surface area contributed by atoms with Crippen molar-refractivity contribution in [3.8, 4) is 0 Å². The molecular formula is C11H19N3O2. The Morgan fingerprint density at radius 1 is 1.50 bits per heavy atom. The summed E-state index contributed by atoms with van der Waals surface area (Å²) in [6.45, 7) is 8.19. The predicted molar refractivity (Wildman–Crippen MR) is 61.1 cm³/mol. The van der Waals surface area contributed by atoms with Gasteiger partial charge in [0.05, 0.1) is 0 Å². The first-order chi connectivity index (χ1) is 7.56. The molecule has 0 unspecified atom stereocenters. The van der Waals surface area contributed by atoms with E-state index < -0.39 is 0 Å². The molecule has 16 heavy (non-hydrogen) atoms. The van der Waals surface area contributed by atoms with Crippen LogP contribution in [0, 0.1) is 12.8 Å². The minimum atomic E-state index is -0.0657. The molecule has 0 N–H and O–H groups in total. The molecule has 0 fully saturated rings. The van der Waals surface area contributed by atoms with E-state index in [1.165, 1.54) is 0 Å². The molecule has 1 heterocycles. The van der Waals surface area contributed by atoms with Gasteiger partial charge in [0.15, 0.2) is 5.82 Å². The lowest BCUT2D eigenvalue weighted by Gasteiger charge is -2.19. The van der Waals surface area contributed by atoms with Gasteiger partial charge in [-0.1, -0.05) is 32.3 Å². The first-order valence-corrected chi connectivity index (χ1v) is 5.68. The monoisotopic (exact) mass is 225 g/mol. The Balaban J connectivity index is 2.82. The Bertz CT molecular complexity index is 347. The highest BCUT2D eigenvalue weighted by molar-refractivity contribution is 5.92. The zero-order chi connectivity index (χ0) is 12.1. The number of hydrogen-bond acceptors (Lipinski definition) is 4. The van der Waals surface area contributed by atoms with Gasteiger partial charge < -0.3 is 4.52 Å². The van der Waals surface area contributed by atoms with Crippen LogP contribution in [0.3, 0.4) is 0 Å². The van der Waals surface area contributed by atoms with E-state index in [0.717, 1.165) is 12.8 Å². The molecule has 1 rings (SSSR count). The van der Waals surface area contributed by atoms with Crippen molar-refractivity contribution in [2.75, 3.05) is 11.4 Å². The van der Waals surface area contributed by atoms with E-state index in [1.807, 2.05) is 13.8 Å². The normalized spacial score (nSPS) is 10.8. The fourth-order valence-electron chi connectivity index (χ4n) is 1.32. The van der Waals surface area contributed by atoms with E-state index in [4.69, 9.17) is 4.52 Å². The SMILES string of the molecule is CCCCN(C(=O)C(C)C)c1nc(C)no1. The molecule has 0 aliphatic rings. The van der Waals surface area contributed by atoms with Crippen molar-refractivity contribution in [2.45, 2.75) is 40.5 Å². The van der Waals surface area contributed by atoms with Crippen LogP contribution in [0.2, 0.25) is 0 Å². The fraction of sp³-hybridized carbons (Fsp3) is 0.727. The number of anilines is 1. The van der Waals surface area contributed by atoms with Gasteiger partial charge in [0.1, 0.15) is 0 Å². The Morgan fingerprint density at radius 3 is 2.62 bits per heavy atom. The summed E-state index contributed by atoms with van der Waals surface area (Å²) in [7, 11) is 0. The van der Waals surface area contributed by atoms with Gasteiger partial charge in [-0.2, -0.15) is 4.98 Å². The standard InChI is InChI=1S/C11H19N3O2/c1-5-6-7-14(10(15)8(2)3)11-12-9(4)13-16-11/h8H,5-7H2,1-4H3. The third-order valence-corrected chi connectivity index (χ3v) is 2.24. The molecule has 0 saturated heterocycles. The number of rotatable bonds is 5. The molecule has 0 spiro atoms. The van der Waals surface area contributed by atoms with Crippen LogP contribution in [0.25, 0.3) is 0 Å². The lowest BCUT2D eigenvalue weighted by molar-refractivity contribution is -0.121. The highest BCUT2D eigenvalue weighted by atomic mass is 16.5. The zero-order valence-corrected chi connectivity index (χ0v) is 10.4. The number of amides is 1. The van der Waals surface area contributed by atoms with Crippen LogP contribution >= 0.6 is 0 Å². The minimum absolute atomic E-state index is 0.0251. The molecule has 0 aromatic carbocycles. The van der Waals surface area contributed by atoms with Crippen molar-refractivity contribution < 1.29 is 9.32 Å². The van der Waals surface area contributed by atoms with Crippen LogP contribution in [-0.2, 0) is 4.79 Å². The number of hydrogen-bond donors (Lipinski definition) is 0. The number of carbonyl (C=O) groups excluding carboxylic acids is 1. The summed E-state index contributed by atoms with van der Waals surface area (Å²) in [6.07, 6.45) is 1.95. The first-order valence-electron chi connectivity index (χ1n) is 5.68. The lowest BCUT2D eigenvalue weighted by atomic mass is 10.2. The van der Waals surface area contributed by atoms with Crippen LogP contribution in [0.15, 0.2) is 4.52 Å². The van der Waals surface area contributed by atoms with Crippen LogP contribution in [0.5, 0.6) is 0 Å². The van der Waals surface area contributed by atoms with Crippen molar-refractivity contribution in [1.82, 2.24) is 10.1 Å². The van der Waals surface area contributed by atoms with Crippen LogP contribution in [-0.4, -0.2) is 22.6 Å². The molecule has 1 amide bonds. The largest absolute Gasteiger partial charge is 0.330 e. The maximum atomic E-state index is 12.0. The second kappa shape index (κ2) is 5.63. The highest BCUT2D eigenvalue weighted by Crippen LogP contribution is 2.15. The smallest absolute Gasteiger partial charge is 0.315 e. The number of unbranched alkanes of at least 4 members (excludes halogenated alkanes) is 1. The van der Waals surface area contributed by atoms with Gasteiger partial charge in [-0.15, -0.1) is 0 Å². The molecule has 1 aromatic heterocycles. The highest BCUT2D eigenvalue weighted by Gasteiger charge is 2.22. The van der Waals surface area contributed by atoms with Gasteiger partial charge in [0, 0.05) is 12.5 Å². The molecule has 1 aromatic rings. The van der Waals surface area contributed by atoms with E-state index in [-0.39, 0.29) is 11.8 Å². The van der Waals surface area contributed by atoms with Gasteiger partial charge in [0.25, 0.3) is 0 Å². The van der Waals surface area contributed by atoms with Crippen molar-refractivity contribution in [1.29, 1.82) is 0 Å². The molecule has 0 aliphatic heterocycles. The average Bonchev–Trinajstić information content (AvgIpc) is 2.65. The van der Waals surface area contributed by atoms with Crippen molar-refractivity contribution in [3.05, 3.63) is 5.82 Å². The van der Waals surface area contributed by atoms with Crippen molar-refractivity contribution in [3.63, 3.8) is 0 Å². The molecule has 5 heteroatoms. The third kappa shape index (κ3) is 3.05. The molecule has 0 saturated carbocycles. The quantitative estimate of drug-likeness (QED) is 0.770. The van der Waals surface area contributed by atoms with E-state index in [9.17, 15) is 4.79 Å². The second-order valence-electron chi connectivity index (χ2n) is 4.12. The van der Waals surface area contributed by atoms with Gasteiger partial charge in [0.2, 0.25) is 5.91 Å². The summed E-state index contributed by atoms with van der Waals surface area (Å²) in [6, 6.07) is 0.310. The summed E-state index contributed by atoms with van der Waals surface area (Å²) < 4.78 is 5.04. The third-order valence-electron chi connectivity index (χ3n) is 2.24. The lowest BCUT2D eigenvalue weighted by Crippen LogP contribution is -2.35. The Kier molecular flexibility index (Phi) is 4.46. The number of aromatic nitrogens is 2. The number of carbonyl (C=O) groups is 1. The summed E-state index contributed by atoms with van der Waals surface area (Å²) in [5, 5.41) is 3.71. The molecule has 0 radical (unpaired) electrons. The van der Waals surface area contributed by atoms with Gasteiger partial charge in [-0.05, 0) is 13.3 Å². The summed E-state index contributed by atoms with van der Waals surface area (Å²) in [4.78, 5) is 17.6. The van der Waals surface area contributed by atoms with Gasteiger partial charge in [-0.25, -0.2) is 0 Å². The number of aryl methyl sites for hydroxylation is 1.